The number of allylic oxidation sites excluding steroid dienone is 1. The fraction of sp³-hybridized carbons (Fsp3) is 0.100. The summed E-state index contributed by atoms with van der Waals surface area (Å²) in [4.78, 5) is 19.5. The number of amides is 1. The number of nitrogens with zero attached hydrogens (tertiary/aromatic N) is 2. The fourth-order valence-corrected chi connectivity index (χ4v) is 3.25. The number of ether oxygens (including phenoxy) is 1. The Morgan fingerprint density at radius 1 is 1.26 bits per heavy atom. The second kappa shape index (κ2) is 9.67. The van der Waals surface area contributed by atoms with Gasteiger partial charge in [0.05, 0.1) is 7.11 Å². The molecule has 0 aliphatic carbocycles. The largest absolute Gasteiger partial charge is 0.453 e. The van der Waals surface area contributed by atoms with Crippen LogP contribution in [0.3, 0.4) is 0 Å². The first-order valence-electron chi connectivity index (χ1n) is 8.97. The molecule has 2 heterocycles. The third-order valence-corrected chi connectivity index (χ3v) is 4.85. The highest BCUT2D eigenvalue weighted by Gasteiger charge is 2.16. The van der Waals surface area contributed by atoms with Crippen LogP contribution in [0, 0.1) is 11.2 Å². The van der Waals surface area contributed by atoms with E-state index in [9.17, 15) is 9.18 Å². The van der Waals surface area contributed by atoms with Crippen LogP contribution in [0.1, 0.15) is 17.0 Å². The predicted octanol–water partition coefficient (Wildman–Crippen LogP) is 3.22. The van der Waals surface area contributed by atoms with E-state index in [0.717, 1.165) is 5.56 Å². The zero-order chi connectivity index (χ0) is 22.4. The Bertz CT molecular complexity index is 1110. The smallest absolute Gasteiger partial charge is 0.411 e. The lowest BCUT2D eigenvalue weighted by Gasteiger charge is -2.13. The lowest BCUT2D eigenvalue weighted by atomic mass is 10.1. The van der Waals surface area contributed by atoms with Gasteiger partial charge in [0, 0.05) is 28.7 Å². The Morgan fingerprint density at radius 2 is 1.97 bits per heavy atom. The number of carbonyl (C=O) groups excluding carboxylic acids is 1. The predicted molar refractivity (Wildman–Crippen MR) is 119 cm³/mol. The van der Waals surface area contributed by atoms with Crippen LogP contribution >= 0.6 is 11.3 Å². The summed E-state index contributed by atoms with van der Waals surface area (Å²) in [5.41, 5.74) is 13.5. The number of halogens is 1. The molecule has 3 aromatic rings. The lowest BCUT2D eigenvalue weighted by molar-refractivity contribution is 0.187. The Labute approximate surface area is 181 Å². The van der Waals surface area contributed by atoms with Crippen molar-refractivity contribution in [2.45, 2.75) is 6.54 Å². The third-order valence-electron chi connectivity index (χ3n) is 4.17. The van der Waals surface area contributed by atoms with Crippen molar-refractivity contribution in [3.8, 4) is 0 Å². The van der Waals surface area contributed by atoms with Crippen molar-refractivity contribution in [2.75, 3.05) is 23.9 Å². The zero-order valence-corrected chi connectivity index (χ0v) is 17.3. The number of aromatic nitrogens is 2. The highest BCUT2D eigenvalue weighted by Crippen LogP contribution is 2.23. The molecule has 2 aromatic heterocycles. The Balaban J connectivity index is 1.87. The first-order chi connectivity index (χ1) is 14.9. The van der Waals surface area contributed by atoms with Gasteiger partial charge in [-0.15, -0.1) is 0 Å². The van der Waals surface area contributed by atoms with Gasteiger partial charge in [-0.1, -0.05) is 18.2 Å². The SMILES string of the molecule is COC(=O)Nc1c(N)nc(C(=N)/C=C(\NCc2ccccc2F)c2ccsc2)nc1N. The highest BCUT2D eigenvalue weighted by atomic mass is 32.1. The van der Waals surface area contributed by atoms with Crippen LogP contribution in [0.2, 0.25) is 0 Å². The quantitative estimate of drug-likeness (QED) is 0.353. The van der Waals surface area contributed by atoms with Gasteiger partial charge < -0.3 is 21.5 Å². The van der Waals surface area contributed by atoms with E-state index in [0.29, 0.717) is 11.3 Å². The standard InChI is InChI=1S/C20H20FN7O2S/c1-30-20(29)26-16-17(23)27-19(28-18(16)24)14(22)8-15(12-6-7-31-10-12)25-9-11-4-2-3-5-13(11)21/h2-8,10,22,25H,9H2,1H3,(H,26,29)(H4,23,24,27,28)/b15-8-,22-14?. The van der Waals surface area contributed by atoms with E-state index in [1.807, 2.05) is 16.8 Å². The summed E-state index contributed by atoms with van der Waals surface area (Å²) in [6.45, 7) is 0.217. The molecule has 0 saturated heterocycles. The van der Waals surface area contributed by atoms with Gasteiger partial charge in [-0.05, 0) is 23.6 Å². The molecule has 1 aromatic carbocycles. The highest BCUT2D eigenvalue weighted by molar-refractivity contribution is 7.08. The summed E-state index contributed by atoms with van der Waals surface area (Å²) < 4.78 is 18.5. The van der Waals surface area contributed by atoms with Gasteiger partial charge in [0.25, 0.3) is 0 Å². The Kier molecular flexibility index (Phi) is 6.78. The maximum atomic E-state index is 14.0. The molecule has 0 aliphatic rings. The maximum Gasteiger partial charge on any atom is 0.411 e. The minimum atomic E-state index is -0.776. The van der Waals surface area contributed by atoms with Gasteiger partial charge in [-0.2, -0.15) is 11.3 Å². The van der Waals surface area contributed by atoms with Gasteiger partial charge in [-0.25, -0.2) is 19.2 Å². The van der Waals surface area contributed by atoms with E-state index in [2.05, 4.69) is 25.3 Å². The molecule has 7 N–H and O–H groups in total. The number of nitrogen functional groups attached to an aromatic ring is 2. The van der Waals surface area contributed by atoms with E-state index >= 15 is 0 Å². The molecule has 0 aliphatic heterocycles. The number of rotatable bonds is 7. The average molecular weight is 441 g/mol. The number of nitrogens with one attached hydrogen (secondary N) is 3. The van der Waals surface area contributed by atoms with Crippen molar-refractivity contribution in [1.82, 2.24) is 15.3 Å². The molecule has 3 rings (SSSR count). The molecule has 0 unspecified atom stereocenters. The van der Waals surface area contributed by atoms with E-state index in [-0.39, 0.29) is 41.2 Å². The van der Waals surface area contributed by atoms with E-state index < -0.39 is 6.09 Å². The monoisotopic (exact) mass is 441 g/mol. The number of carbonyl (C=O) groups is 1. The van der Waals surface area contributed by atoms with Crippen molar-refractivity contribution in [1.29, 1.82) is 5.41 Å². The molecule has 0 saturated carbocycles. The molecule has 0 bridgehead atoms. The number of hydrogen-bond acceptors (Lipinski definition) is 9. The Morgan fingerprint density at radius 3 is 2.58 bits per heavy atom. The van der Waals surface area contributed by atoms with Crippen LogP contribution < -0.4 is 22.1 Å². The number of anilines is 3. The molecular weight excluding hydrogens is 421 g/mol. The van der Waals surface area contributed by atoms with Crippen molar-refractivity contribution >= 4 is 46.2 Å². The van der Waals surface area contributed by atoms with Gasteiger partial charge in [-0.3, -0.25) is 10.7 Å². The molecule has 31 heavy (non-hydrogen) atoms. The molecule has 0 atom stereocenters. The molecule has 0 radical (unpaired) electrons. The first kappa shape index (κ1) is 21.7. The van der Waals surface area contributed by atoms with Gasteiger partial charge in [0.15, 0.2) is 17.5 Å². The number of hydrogen-bond donors (Lipinski definition) is 5. The minimum Gasteiger partial charge on any atom is -0.453 e. The second-order valence-corrected chi connectivity index (χ2v) is 7.02. The minimum absolute atomic E-state index is 0.00288. The van der Waals surface area contributed by atoms with Crippen molar-refractivity contribution in [2.24, 2.45) is 0 Å². The fourth-order valence-electron chi connectivity index (χ4n) is 2.59. The summed E-state index contributed by atoms with van der Waals surface area (Å²) >= 11 is 1.48. The van der Waals surface area contributed by atoms with Crippen LogP contribution in [0.4, 0.5) is 26.5 Å². The zero-order valence-electron chi connectivity index (χ0n) is 16.5. The number of methoxy groups -OCH3 is 1. The normalized spacial score (nSPS) is 11.1. The van der Waals surface area contributed by atoms with Gasteiger partial charge in [0.1, 0.15) is 17.2 Å². The average Bonchev–Trinajstić information content (AvgIpc) is 3.29. The van der Waals surface area contributed by atoms with Crippen LogP contribution in [-0.4, -0.2) is 28.9 Å². The van der Waals surface area contributed by atoms with E-state index in [4.69, 9.17) is 16.9 Å². The van der Waals surface area contributed by atoms with E-state index in [1.54, 1.807) is 18.2 Å². The lowest BCUT2D eigenvalue weighted by Crippen LogP contribution is -2.18. The molecule has 9 nitrogen and oxygen atoms in total. The summed E-state index contributed by atoms with van der Waals surface area (Å²) in [6, 6.07) is 8.30. The van der Waals surface area contributed by atoms with E-state index in [1.165, 1.54) is 30.6 Å². The van der Waals surface area contributed by atoms with Crippen molar-refractivity contribution < 1.29 is 13.9 Å². The van der Waals surface area contributed by atoms with Gasteiger partial charge >= 0.3 is 6.09 Å². The molecular formula is C20H20FN7O2S. The summed E-state index contributed by atoms with van der Waals surface area (Å²) in [5, 5.41) is 17.7. The molecule has 1 amide bonds. The number of thiophene rings is 1. The van der Waals surface area contributed by atoms with Crippen LogP contribution in [0.25, 0.3) is 5.70 Å². The number of benzene rings is 1. The topological polar surface area (TPSA) is 152 Å². The summed E-state index contributed by atoms with van der Waals surface area (Å²) in [5.74, 6) is -0.581. The maximum absolute atomic E-state index is 14.0. The van der Waals surface area contributed by atoms with Crippen LogP contribution in [-0.2, 0) is 11.3 Å². The first-order valence-corrected chi connectivity index (χ1v) is 9.91. The van der Waals surface area contributed by atoms with Crippen LogP contribution in [0.15, 0.2) is 47.2 Å². The summed E-state index contributed by atoms with van der Waals surface area (Å²) in [7, 11) is 1.19. The third kappa shape index (κ3) is 5.34. The number of nitrogens with two attached hydrogens (primary N) is 2. The molecule has 160 valence electrons. The van der Waals surface area contributed by atoms with Crippen LogP contribution in [0.5, 0.6) is 0 Å². The van der Waals surface area contributed by atoms with Crippen molar-refractivity contribution in [3.63, 3.8) is 0 Å². The Hall–Kier alpha value is -3.99. The molecule has 0 fully saturated rings. The van der Waals surface area contributed by atoms with Crippen molar-refractivity contribution in [3.05, 3.63) is 69.9 Å². The molecule has 0 spiro atoms. The summed E-state index contributed by atoms with van der Waals surface area (Å²) in [6.07, 6.45) is 0.728. The second-order valence-electron chi connectivity index (χ2n) is 6.24. The van der Waals surface area contributed by atoms with Gasteiger partial charge in [0.2, 0.25) is 0 Å². The molecule has 11 heteroatoms.